The van der Waals surface area contributed by atoms with Crippen LogP contribution in [-0.4, -0.2) is 56.0 Å². The van der Waals surface area contributed by atoms with E-state index >= 15 is 0 Å². The summed E-state index contributed by atoms with van der Waals surface area (Å²) >= 11 is 1.59. The Morgan fingerprint density at radius 3 is 1.71 bits per heavy atom. The summed E-state index contributed by atoms with van der Waals surface area (Å²) in [6.07, 6.45) is -0.314. The minimum absolute atomic E-state index is 0.0651. The van der Waals surface area contributed by atoms with Crippen molar-refractivity contribution in [3.63, 3.8) is 0 Å². The molecule has 48 heavy (non-hydrogen) atoms. The van der Waals surface area contributed by atoms with Crippen molar-refractivity contribution in [3.05, 3.63) is 151 Å². The second-order valence-corrected chi connectivity index (χ2v) is 20.1. The second kappa shape index (κ2) is 15.3. The summed E-state index contributed by atoms with van der Waals surface area (Å²) in [6.45, 7) is 17.1. The number of rotatable bonds is 13. The Kier molecular flexibility index (Phi) is 11.5. The molecule has 1 aliphatic heterocycles. The standard InChI is InChI=1S/C41H50O5SSi/c1-8-29-43-37-36(46-48(6,7)39(2,3)4)38(47-34-27-19-12-20-28-34)45-35(40(37,5)42)30-44-41(31-21-13-9-14-22-31,32-23-15-10-16-24-32)33-25-17-11-18-26-33/h8-28,35-38,42H,1,29-30H2,2-7H3/t35-,36-,37-,38+,40-/m1/s1. The van der Waals surface area contributed by atoms with Crippen molar-refractivity contribution < 1.29 is 23.7 Å². The maximum absolute atomic E-state index is 12.5. The number of ether oxygens (including phenoxy) is 3. The highest BCUT2D eigenvalue weighted by atomic mass is 32.2. The van der Waals surface area contributed by atoms with Gasteiger partial charge in [0.15, 0.2) is 8.32 Å². The first kappa shape index (κ1) is 36.3. The number of aliphatic hydroxyl groups is 1. The molecule has 7 heteroatoms. The Balaban J connectivity index is 1.59. The van der Waals surface area contributed by atoms with Crippen LogP contribution in [0.2, 0.25) is 18.1 Å². The number of hydrogen-bond acceptors (Lipinski definition) is 6. The molecule has 0 unspecified atom stereocenters. The highest BCUT2D eigenvalue weighted by molar-refractivity contribution is 7.99. The average molecular weight is 683 g/mol. The Labute approximate surface area is 292 Å². The first-order valence-corrected chi connectivity index (χ1v) is 20.5. The van der Waals surface area contributed by atoms with Crippen LogP contribution < -0.4 is 0 Å². The zero-order valence-corrected chi connectivity index (χ0v) is 30.9. The van der Waals surface area contributed by atoms with E-state index in [0.717, 1.165) is 21.6 Å². The monoisotopic (exact) mass is 682 g/mol. The van der Waals surface area contributed by atoms with E-state index in [4.69, 9.17) is 18.6 Å². The smallest absolute Gasteiger partial charge is 0.192 e. The van der Waals surface area contributed by atoms with Gasteiger partial charge in [-0.05, 0) is 53.9 Å². The summed E-state index contributed by atoms with van der Waals surface area (Å²) in [6, 6.07) is 40.9. The Morgan fingerprint density at radius 2 is 1.27 bits per heavy atom. The van der Waals surface area contributed by atoms with Crippen molar-refractivity contribution in [1.82, 2.24) is 0 Å². The maximum atomic E-state index is 12.5. The summed E-state index contributed by atoms with van der Waals surface area (Å²) in [7, 11) is -2.34. The highest BCUT2D eigenvalue weighted by Gasteiger charge is 2.57. The molecule has 1 N–H and O–H groups in total. The quantitative estimate of drug-likeness (QED) is 0.0862. The zero-order valence-electron chi connectivity index (χ0n) is 29.0. The molecule has 5 nitrogen and oxygen atoms in total. The number of benzene rings is 4. The highest BCUT2D eigenvalue weighted by Crippen LogP contribution is 2.47. The minimum atomic E-state index is -2.34. The third-order valence-corrected chi connectivity index (χ3v) is 15.3. The Morgan fingerprint density at radius 1 is 0.812 bits per heavy atom. The second-order valence-electron chi connectivity index (χ2n) is 14.1. The molecule has 0 radical (unpaired) electrons. The van der Waals surface area contributed by atoms with Gasteiger partial charge in [-0.15, -0.1) is 6.58 Å². The van der Waals surface area contributed by atoms with Crippen LogP contribution in [0.1, 0.15) is 44.4 Å². The minimum Gasteiger partial charge on any atom is -0.408 e. The molecular weight excluding hydrogens is 633 g/mol. The molecule has 1 saturated heterocycles. The molecule has 5 atom stereocenters. The van der Waals surface area contributed by atoms with E-state index in [2.05, 4.69) is 89.0 Å². The van der Waals surface area contributed by atoms with Crippen LogP contribution in [0.15, 0.2) is 139 Å². The third-order valence-electron chi connectivity index (χ3n) is 9.71. The van der Waals surface area contributed by atoms with Gasteiger partial charge in [0.05, 0.1) is 13.2 Å². The van der Waals surface area contributed by atoms with Gasteiger partial charge in [0.25, 0.3) is 0 Å². The molecule has 1 heterocycles. The van der Waals surface area contributed by atoms with Gasteiger partial charge in [0.2, 0.25) is 0 Å². The van der Waals surface area contributed by atoms with Crippen molar-refractivity contribution in [3.8, 4) is 0 Å². The van der Waals surface area contributed by atoms with Crippen LogP contribution in [0.3, 0.4) is 0 Å². The summed E-state index contributed by atoms with van der Waals surface area (Å²) in [5.41, 5.74) is 0.00586. The van der Waals surface area contributed by atoms with Crippen molar-refractivity contribution in [1.29, 1.82) is 0 Å². The van der Waals surface area contributed by atoms with Crippen LogP contribution in [0.25, 0.3) is 0 Å². The molecule has 0 aromatic heterocycles. The molecule has 4 aromatic rings. The molecule has 0 spiro atoms. The normalized spacial score (nSPS) is 23.5. The fraction of sp³-hybridized carbons (Fsp3) is 0.366. The lowest BCUT2D eigenvalue weighted by Gasteiger charge is -2.53. The van der Waals surface area contributed by atoms with E-state index < -0.39 is 43.3 Å². The van der Waals surface area contributed by atoms with Crippen LogP contribution in [0, 0.1) is 0 Å². The van der Waals surface area contributed by atoms with Crippen molar-refractivity contribution in [2.75, 3.05) is 13.2 Å². The van der Waals surface area contributed by atoms with Crippen molar-refractivity contribution in [2.45, 2.75) is 85.7 Å². The van der Waals surface area contributed by atoms with Gasteiger partial charge in [0, 0.05) is 4.90 Å². The van der Waals surface area contributed by atoms with Gasteiger partial charge < -0.3 is 23.7 Å². The summed E-state index contributed by atoms with van der Waals surface area (Å²) < 4.78 is 27.8. The first-order chi connectivity index (χ1) is 22.9. The van der Waals surface area contributed by atoms with Crippen molar-refractivity contribution >= 4 is 20.1 Å². The van der Waals surface area contributed by atoms with E-state index in [9.17, 15) is 5.11 Å². The molecule has 0 bridgehead atoms. The van der Waals surface area contributed by atoms with Gasteiger partial charge in [-0.1, -0.05) is 148 Å². The average Bonchev–Trinajstić information content (AvgIpc) is 3.08. The third kappa shape index (κ3) is 7.73. The van der Waals surface area contributed by atoms with Gasteiger partial charge in [-0.2, -0.15) is 0 Å². The van der Waals surface area contributed by atoms with E-state index in [0.29, 0.717) is 0 Å². The first-order valence-electron chi connectivity index (χ1n) is 16.7. The molecule has 5 rings (SSSR count). The summed E-state index contributed by atoms with van der Waals surface area (Å²) in [5, 5.41) is 12.5. The van der Waals surface area contributed by atoms with Crippen molar-refractivity contribution in [2.24, 2.45) is 0 Å². The molecule has 0 saturated carbocycles. The largest absolute Gasteiger partial charge is 0.408 e. The maximum Gasteiger partial charge on any atom is 0.192 e. The SMILES string of the molecule is C=CCO[C@@H]1[C@@H](O[Si](C)(C)C(C)(C)C)[C@H](Sc2ccccc2)O[C@H](COC(c2ccccc2)(c2ccccc2)c2ccccc2)[C@@]1(C)O. The lowest BCUT2D eigenvalue weighted by atomic mass is 9.79. The predicted molar refractivity (Wildman–Crippen MR) is 199 cm³/mol. The molecular formula is C41H50O5SSi. The Hall–Kier alpha value is -3.01. The van der Waals surface area contributed by atoms with E-state index in [1.807, 2.05) is 72.8 Å². The molecule has 4 aromatic carbocycles. The van der Waals surface area contributed by atoms with Gasteiger partial charge in [0.1, 0.15) is 34.9 Å². The Bertz CT molecular complexity index is 1480. The fourth-order valence-electron chi connectivity index (χ4n) is 6.01. The van der Waals surface area contributed by atoms with E-state index in [-0.39, 0.29) is 18.3 Å². The van der Waals surface area contributed by atoms with Crippen LogP contribution in [0.5, 0.6) is 0 Å². The van der Waals surface area contributed by atoms with Crippen LogP contribution >= 0.6 is 11.8 Å². The van der Waals surface area contributed by atoms with Crippen LogP contribution in [0.4, 0.5) is 0 Å². The zero-order chi connectivity index (χ0) is 34.4. The molecule has 1 aliphatic rings. The lowest BCUT2D eigenvalue weighted by Crippen LogP contribution is -2.68. The van der Waals surface area contributed by atoms with Gasteiger partial charge in [-0.25, -0.2) is 0 Å². The van der Waals surface area contributed by atoms with E-state index in [1.165, 1.54) is 0 Å². The van der Waals surface area contributed by atoms with Gasteiger partial charge >= 0.3 is 0 Å². The van der Waals surface area contributed by atoms with E-state index in [1.54, 1.807) is 24.8 Å². The van der Waals surface area contributed by atoms with Crippen LogP contribution in [-0.2, 0) is 24.2 Å². The summed E-state index contributed by atoms with van der Waals surface area (Å²) in [5.74, 6) is 0. The number of thioether (sulfide) groups is 1. The predicted octanol–water partition coefficient (Wildman–Crippen LogP) is 9.22. The number of hydrogen-bond donors (Lipinski definition) is 1. The molecule has 0 amide bonds. The molecule has 254 valence electrons. The summed E-state index contributed by atoms with van der Waals surface area (Å²) in [4.78, 5) is 1.04. The van der Waals surface area contributed by atoms with Gasteiger partial charge in [-0.3, -0.25) is 0 Å². The topological polar surface area (TPSA) is 57.2 Å². The molecule has 1 fully saturated rings. The fourth-order valence-corrected chi connectivity index (χ4v) is 8.49. The molecule has 0 aliphatic carbocycles. The lowest BCUT2D eigenvalue weighted by molar-refractivity contribution is -0.264.